The van der Waals surface area contributed by atoms with E-state index in [2.05, 4.69) is 22.8 Å². The molecular weight excluding hydrogens is 412 g/mol. The minimum Gasteiger partial charge on any atom is -0.481 e. The number of rotatable bonds is 10. The molecule has 0 bridgehead atoms. The second-order valence-corrected chi connectivity index (χ2v) is 7.75. The molecule has 0 heterocycles. The fourth-order valence-corrected chi connectivity index (χ4v) is 3.76. The first kappa shape index (κ1) is 23.3. The molecule has 1 aliphatic carbocycles. The topological polar surface area (TPSA) is 114 Å². The molecule has 2 aromatic rings. The molecule has 2 amide bonds. The number of benzene rings is 2. The van der Waals surface area contributed by atoms with Crippen LogP contribution in [0.4, 0.5) is 4.79 Å². The first-order valence-electron chi connectivity index (χ1n) is 10.5. The van der Waals surface area contributed by atoms with Crippen LogP contribution < -0.4 is 10.6 Å². The Hall–Kier alpha value is -3.39. The van der Waals surface area contributed by atoms with Gasteiger partial charge >= 0.3 is 12.1 Å². The number of aliphatic carboxylic acids is 1. The Labute approximate surface area is 186 Å². The van der Waals surface area contributed by atoms with Crippen molar-refractivity contribution in [1.82, 2.24) is 10.6 Å². The van der Waals surface area contributed by atoms with Crippen LogP contribution in [0, 0.1) is 5.92 Å². The molecule has 0 fully saturated rings. The summed E-state index contributed by atoms with van der Waals surface area (Å²) in [5.74, 6) is -1.95. The molecule has 3 rings (SSSR count). The molecule has 0 spiro atoms. The van der Waals surface area contributed by atoms with Gasteiger partial charge in [0.2, 0.25) is 0 Å². The highest BCUT2D eigenvalue weighted by Crippen LogP contribution is 2.44. The number of hydrogen-bond acceptors (Lipinski definition) is 5. The van der Waals surface area contributed by atoms with Crippen LogP contribution in [-0.2, 0) is 19.1 Å². The van der Waals surface area contributed by atoms with E-state index >= 15 is 0 Å². The Morgan fingerprint density at radius 3 is 2.16 bits per heavy atom. The molecule has 0 radical (unpaired) electrons. The molecule has 32 heavy (non-hydrogen) atoms. The SMILES string of the molecule is COC(CNC(=O)OCC1c2ccccc2-c2ccccc21)C(=O)NCCC(C)C(=O)O. The number of methoxy groups -OCH3 is 1. The van der Waals surface area contributed by atoms with Gasteiger partial charge in [0.1, 0.15) is 6.61 Å². The van der Waals surface area contributed by atoms with Gasteiger partial charge < -0.3 is 25.2 Å². The summed E-state index contributed by atoms with van der Waals surface area (Å²) in [5, 5.41) is 14.1. The van der Waals surface area contributed by atoms with Crippen LogP contribution in [-0.4, -0.2) is 56.0 Å². The van der Waals surface area contributed by atoms with Crippen molar-refractivity contribution in [1.29, 1.82) is 0 Å². The van der Waals surface area contributed by atoms with E-state index in [-0.39, 0.29) is 25.6 Å². The van der Waals surface area contributed by atoms with Crippen LogP contribution in [0.1, 0.15) is 30.4 Å². The minimum atomic E-state index is -0.917. The zero-order valence-electron chi connectivity index (χ0n) is 18.2. The predicted molar refractivity (Wildman–Crippen MR) is 118 cm³/mol. The number of carboxylic acids is 1. The van der Waals surface area contributed by atoms with Crippen LogP contribution in [0.3, 0.4) is 0 Å². The number of carboxylic acid groups (broad SMARTS) is 1. The summed E-state index contributed by atoms with van der Waals surface area (Å²) in [6, 6.07) is 16.1. The molecule has 3 N–H and O–H groups in total. The van der Waals surface area contributed by atoms with E-state index in [1.807, 2.05) is 36.4 Å². The second kappa shape index (κ2) is 10.8. The van der Waals surface area contributed by atoms with Gasteiger partial charge in [0.15, 0.2) is 6.10 Å². The van der Waals surface area contributed by atoms with Gasteiger partial charge in [-0.15, -0.1) is 0 Å². The van der Waals surface area contributed by atoms with Crippen molar-refractivity contribution in [3.63, 3.8) is 0 Å². The molecule has 0 saturated heterocycles. The van der Waals surface area contributed by atoms with E-state index in [0.717, 1.165) is 22.3 Å². The van der Waals surface area contributed by atoms with E-state index in [9.17, 15) is 14.4 Å². The van der Waals surface area contributed by atoms with Gasteiger partial charge in [-0.3, -0.25) is 9.59 Å². The number of fused-ring (bicyclic) bond motifs is 3. The smallest absolute Gasteiger partial charge is 0.407 e. The quantitative estimate of drug-likeness (QED) is 0.524. The lowest BCUT2D eigenvalue weighted by Crippen LogP contribution is -2.44. The number of nitrogens with one attached hydrogen (secondary N) is 2. The Kier molecular flexibility index (Phi) is 7.83. The largest absolute Gasteiger partial charge is 0.481 e. The number of amides is 2. The van der Waals surface area contributed by atoms with Gasteiger partial charge in [-0.1, -0.05) is 55.5 Å². The van der Waals surface area contributed by atoms with E-state index in [1.165, 1.54) is 7.11 Å². The zero-order valence-corrected chi connectivity index (χ0v) is 18.2. The first-order chi connectivity index (χ1) is 15.4. The number of carbonyl (C=O) groups excluding carboxylic acids is 2. The average molecular weight is 440 g/mol. The summed E-state index contributed by atoms with van der Waals surface area (Å²) >= 11 is 0. The van der Waals surface area contributed by atoms with Gasteiger partial charge in [0.25, 0.3) is 5.91 Å². The summed E-state index contributed by atoms with van der Waals surface area (Å²) in [7, 11) is 1.36. The highest BCUT2D eigenvalue weighted by molar-refractivity contribution is 5.82. The highest BCUT2D eigenvalue weighted by Gasteiger charge is 2.29. The van der Waals surface area contributed by atoms with Gasteiger partial charge in [-0.05, 0) is 28.7 Å². The number of ether oxygens (including phenoxy) is 2. The third kappa shape index (κ3) is 5.45. The van der Waals surface area contributed by atoms with Crippen molar-refractivity contribution >= 4 is 18.0 Å². The highest BCUT2D eigenvalue weighted by atomic mass is 16.5. The molecule has 8 heteroatoms. The van der Waals surface area contributed by atoms with Crippen LogP contribution in [0.15, 0.2) is 48.5 Å². The fourth-order valence-electron chi connectivity index (χ4n) is 3.76. The molecule has 2 atom stereocenters. The van der Waals surface area contributed by atoms with Crippen LogP contribution in [0.25, 0.3) is 11.1 Å². The molecule has 1 aliphatic rings. The maximum atomic E-state index is 12.3. The normalized spacial score (nSPS) is 14.1. The van der Waals surface area contributed by atoms with Gasteiger partial charge in [0.05, 0.1) is 12.5 Å². The van der Waals surface area contributed by atoms with E-state index in [4.69, 9.17) is 14.6 Å². The summed E-state index contributed by atoms with van der Waals surface area (Å²) in [6.45, 7) is 1.89. The lowest BCUT2D eigenvalue weighted by atomic mass is 9.98. The molecule has 2 unspecified atom stereocenters. The predicted octanol–water partition coefficient (Wildman–Crippen LogP) is 2.77. The van der Waals surface area contributed by atoms with Crippen molar-refractivity contribution in [2.75, 3.05) is 26.8 Å². The second-order valence-electron chi connectivity index (χ2n) is 7.75. The maximum Gasteiger partial charge on any atom is 0.407 e. The molecule has 0 saturated carbocycles. The summed E-state index contributed by atoms with van der Waals surface area (Å²) in [6.07, 6.45) is -1.24. The van der Waals surface area contributed by atoms with E-state index in [1.54, 1.807) is 6.92 Å². The third-order valence-electron chi connectivity index (χ3n) is 5.65. The molecule has 2 aromatic carbocycles. The summed E-state index contributed by atoms with van der Waals surface area (Å²) in [4.78, 5) is 35.3. The zero-order chi connectivity index (χ0) is 23.1. The Morgan fingerprint density at radius 2 is 1.59 bits per heavy atom. The molecular formula is C24H28N2O6. The lowest BCUT2D eigenvalue weighted by molar-refractivity contribution is -0.141. The lowest BCUT2D eigenvalue weighted by Gasteiger charge is -2.18. The molecule has 0 aromatic heterocycles. The Morgan fingerprint density at radius 1 is 1.00 bits per heavy atom. The van der Waals surface area contributed by atoms with Crippen LogP contribution >= 0.6 is 0 Å². The Balaban J connectivity index is 1.48. The van der Waals surface area contributed by atoms with Gasteiger partial charge in [-0.2, -0.15) is 0 Å². The molecule has 170 valence electrons. The molecule has 8 nitrogen and oxygen atoms in total. The monoisotopic (exact) mass is 440 g/mol. The fraction of sp³-hybridized carbons (Fsp3) is 0.375. The van der Waals surface area contributed by atoms with Crippen molar-refractivity contribution in [2.24, 2.45) is 5.92 Å². The van der Waals surface area contributed by atoms with Crippen molar-refractivity contribution in [2.45, 2.75) is 25.4 Å². The number of alkyl carbamates (subject to hydrolysis) is 1. The van der Waals surface area contributed by atoms with E-state index < -0.39 is 30.0 Å². The van der Waals surface area contributed by atoms with Crippen LogP contribution in [0.5, 0.6) is 0 Å². The number of hydrogen-bond donors (Lipinski definition) is 3. The first-order valence-corrected chi connectivity index (χ1v) is 10.5. The Bertz CT molecular complexity index is 931. The number of carbonyl (C=O) groups is 3. The minimum absolute atomic E-state index is 0.0501. The van der Waals surface area contributed by atoms with Gasteiger partial charge in [-0.25, -0.2) is 4.79 Å². The van der Waals surface area contributed by atoms with Crippen LogP contribution in [0.2, 0.25) is 0 Å². The molecule has 0 aliphatic heterocycles. The van der Waals surface area contributed by atoms with Crippen molar-refractivity contribution in [3.8, 4) is 11.1 Å². The third-order valence-corrected chi connectivity index (χ3v) is 5.65. The standard InChI is InChI=1S/C24H28N2O6/c1-15(23(28)29)11-12-25-22(27)21(31-2)13-26-24(30)32-14-20-18-9-5-3-7-16(18)17-8-4-6-10-19(17)20/h3-10,15,20-21H,11-14H2,1-2H3,(H,25,27)(H,26,30)(H,28,29). The van der Waals surface area contributed by atoms with E-state index in [0.29, 0.717) is 6.42 Å². The summed E-state index contributed by atoms with van der Waals surface area (Å²) in [5.41, 5.74) is 4.52. The van der Waals surface area contributed by atoms with Crippen molar-refractivity contribution in [3.05, 3.63) is 59.7 Å². The van der Waals surface area contributed by atoms with Gasteiger partial charge in [0, 0.05) is 19.6 Å². The van der Waals surface area contributed by atoms with Crippen molar-refractivity contribution < 1.29 is 29.0 Å². The average Bonchev–Trinajstić information content (AvgIpc) is 3.11. The summed E-state index contributed by atoms with van der Waals surface area (Å²) < 4.78 is 10.6. The maximum absolute atomic E-state index is 12.3.